The van der Waals surface area contributed by atoms with Crippen LogP contribution in [0, 0.1) is 0 Å². The second-order valence-electron chi connectivity index (χ2n) is 7.41. The van der Waals surface area contributed by atoms with Gasteiger partial charge in [-0.25, -0.2) is 8.42 Å². The average molecular weight is 478 g/mol. The second-order valence-corrected chi connectivity index (χ2v) is 9.93. The van der Waals surface area contributed by atoms with Crippen LogP contribution in [-0.2, 0) is 32.6 Å². The van der Waals surface area contributed by atoms with Gasteiger partial charge in [0, 0.05) is 31.6 Å². The van der Waals surface area contributed by atoms with E-state index in [0.29, 0.717) is 5.02 Å². The van der Waals surface area contributed by atoms with E-state index in [1.165, 1.54) is 11.9 Å². The summed E-state index contributed by atoms with van der Waals surface area (Å²) in [7, 11) is -2.24. The molecule has 2 amide bonds. The lowest BCUT2D eigenvalue weighted by molar-refractivity contribution is -0.141. The number of halogens is 1. The van der Waals surface area contributed by atoms with Crippen molar-refractivity contribution in [2.45, 2.75) is 19.0 Å². The third kappa shape index (κ3) is 7.78. The molecular weight excluding hydrogens is 450 g/mol. The third-order valence-electron chi connectivity index (χ3n) is 4.88. The zero-order valence-corrected chi connectivity index (χ0v) is 19.8. The van der Waals surface area contributed by atoms with Gasteiger partial charge in [0.2, 0.25) is 21.8 Å². The molecule has 0 aromatic heterocycles. The third-order valence-corrected chi connectivity index (χ3v) is 6.40. The number of benzene rings is 2. The Morgan fingerprint density at radius 3 is 2.28 bits per heavy atom. The van der Waals surface area contributed by atoms with Gasteiger partial charge in [-0.15, -0.1) is 6.58 Å². The van der Waals surface area contributed by atoms with E-state index in [2.05, 4.69) is 11.9 Å². The molecule has 1 N–H and O–H groups in total. The van der Waals surface area contributed by atoms with E-state index in [1.807, 2.05) is 30.3 Å². The number of likely N-dealkylation sites (N-methyl/N-ethyl adjacent to an activating group) is 1. The number of sulfonamides is 1. The Balaban J connectivity index is 2.42. The average Bonchev–Trinajstić information content (AvgIpc) is 2.75. The molecule has 32 heavy (non-hydrogen) atoms. The first-order valence-corrected chi connectivity index (χ1v) is 12.2. The lowest BCUT2D eigenvalue weighted by Crippen LogP contribution is -2.53. The van der Waals surface area contributed by atoms with E-state index >= 15 is 0 Å². The van der Waals surface area contributed by atoms with Crippen LogP contribution in [0.25, 0.3) is 0 Å². The van der Waals surface area contributed by atoms with Crippen molar-refractivity contribution >= 4 is 33.4 Å². The predicted octanol–water partition coefficient (Wildman–Crippen LogP) is 2.47. The van der Waals surface area contributed by atoms with E-state index in [9.17, 15) is 18.0 Å². The summed E-state index contributed by atoms with van der Waals surface area (Å²) in [5.74, 6) is -0.833. The number of nitrogens with zero attached hydrogens (tertiary/aromatic N) is 2. The quantitative estimate of drug-likeness (QED) is 0.504. The highest BCUT2D eigenvalue weighted by Crippen LogP contribution is 2.17. The molecule has 0 spiro atoms. The largest absolute Gasteiger partial charge is 0.351 e. The molecular formula is C23H28ClN3O4S. The molecule has 0 aliphatic rings. The van der Waals surface area contributed by atoms with Gasteiger partial charge < -0.3 is 10.2 Å². The van der Waals surface area contributed by atoms with Crippen LogP contribution >= 0.6 is 11.6 Å². The van der Waals surface area contributed by atoms with Gasteiger partial charge in [-0.1, -0.05) is 60.1 Å². The first kappa shape index (κ1) is 25.6. The van der Waals surface area contributed by atoms with Crippen molar-refractivity contribution in [3.05, 3.63) is 83.4 Å². The maximum Gasteiger partial charge on any atom is 0.243 e. The predicted molar refractivity (Wildman–Crippen MR) is 127 cm³/mol. The Morgan fingerprint density at radius 1 is 1.09 bits per heavy atom. The SMILES string of the molecule is C=CCNC(=O)[C@H](Cc1ccccc1)N(Cc1ccc(Cl)cc1)C(=O)CN(C)S(C)(=O)=O. The summed E-state index contributed by atoms with van der Waals surface area (Å²) in [5, 5.41) is 3.31. The van der Waals surface area contributed by atoms with Gasteiger partial charge in [-0.05, 0) is 23.3 Å². The molecule has 2 aromatic rings. The molecule has 0 heterocycles. The van der Waals surface area contributed by atoms with Crippen LogP contribution in [0.3, 0.4) is 0 Å². The number of nitrogens with one attached hydrogen (secondary N) is 1. The summed E-state index contributed by atoms with van der Waals surface area (Å²) in [5.41, 5.74) is 1.64. The van der Waals surface area contributed by atoms with Gasteiger partial charge in [0.05, 0.1) is 12.8 Å². The first-order chi connectivity index (χ1) is 15.1. The summed E-state index contributed by atoms with van der Waals surface area (Å²) in [4.78, 5) is 27.8. The number of amides is 2. The van der Waals surface area contributed by atoms with Gasteiger partial charge in [-0.2, -0.15) is 4.31 Å². The van der Waals surface area contributed by atoms with Crippen LogP contribution in [0.15, 0.2) is 67.3 Å². The molecule has 2 rings (SSSR count). The van der Waals surface area contributed by atoms with E-state index in [4.69, 9.17) is 11.6 Å². The van der Waals surface area contributed by atoms with E-state index in [0.717, 1.165) is 21.7 Å². The van der Waals surface area contributed by atoms with Crippen molar-refractivity contribution in [3.63, 3.8) is 0 Å². The summed E-state index contributed by atoms with van der Waals surface area (Å²) in [6.07, 6.45) is 2.86. The minimum absolute atomic E-state index is 0.118. The normalized spacial score (nSPS) is 12.2. The highest BCUT2D eigenvalue weighted by atomic mass is 35.5. The standard InChI is InChI=1S/C23H28ClN3O4S/c1-4-14-25-23(29)21(15-18-8-6-5-7-9-18)27(16-19-10-12-20(24)13-11-19)22(28)17-26(2)32(3,30)31/h4-13,21H,1,14-17H2,2-3H3,(H,25,29)/t21-/m0/s1. The lowest BCUT2D eigenvalue weighted by Gasteiger charge is -2.32. The number of rotatable bonds is 11. The number of carbonyl (C=O) groups excluding carboxylic acids is 2. The van der Waals surface area contributed by atoms with Crippen LogP contribution in [0.4, 0.5) is 0 Å². The fourth-order valence-electron chi connectivity index (χ4n) is 3.03. The zero-order valence-electron chi connectivity index (χ0n) is 18.2. The van der Waals surface area contributed by atoms with E-state index in [1.54, 1.807) is 30.3 Å². The maximum absolute atomic E-state index is 13.3. The molecule has 172 valence electrons. The molecule has 0 bridgehead atoms. The highest BCUT2D eigenvalue weighted by Gasteiger charge is 2.31. The van der Waals surface area contributed by atoms with Crippen molar-refractivity contribution in [1.29, 1.82) is 0 Å². The van der Waals surface area contributed by atoms with Crippen molar-refractivity contribution in [3.8, 4) is 0 Å². The molecule has 0 aliphatic heterocycles. The van der Waals surface area contributed by atoms with Gasteiger partial charge in [-0.3, -0.25) is 9.59 Å². The smallest absolute Gasteiger partial charge is 0.243 e. The number of hydrogen-bond donors (Lipinski definition) is 1. The van der Waals surface area contributed by atoms with Crippen molar-refractivity contribution in [2.24, 2.45) is 0 Å². The maximum atomic E-state index is 13.3. The molecule has 0 saturated heterocycles. The van der Waals surface area contributed by atoms with Gasteiger partial charge in [0.1, 0.15) is 6.04 Å². The first-order valence-electron chi connectivity index (χ1n) is 9.99. The van der Waals surface area contributed by atoms with Crippen LogP contribution < -0.4 is 5.32 Å². The minimum atomic E-state index is -3.57. The second kappa shape index (κ2) is 11.8. The molecule has 0 radical (unpaired) electrons. The summed E-state index contributed by atoms with van der Waals surface area (Å²) < 4.78 is 24.7. The Bertz CT molecular complexity index is 1030. The number of carbonyl (C=O) groups is 2. The number of hydrogen-bond acceptors (Lipinski definition) is 4. The molecule has 0 aliphatic carbocycles. The van der Waals surface area contributed by atoms with Crippen LogP contribution in [0.1, 0.15) is 11.1 Å². The van der Waals surface area contributed by atoms with Crippen molar-refractivity contribution in [1.82, 2.24) is 14.5 Å². The summed E-state index contributed by atoms with van der Waals surface area (Å²) in [6.45, 7) is 3.60. The Labute approximate surface area is 194 Å². The van der Waals surface area contributed by atoms with Gasteiger partial charge >= 0.3 is 0 Å². The van der Waals surface area contributed by atoms with E-state index < -0.39 is 22.0 Å². The van der Waals surface area contributed by atoms with Gasteiger partial charge in [0.25, 0.3) is 0 Å². The topological polar surface area (TPSA) is 86.8 Å². The molecule has 1 atom stereocenters. The van der Waals surface area contributed by atoms with Crippen LogP contribution in [0.5, 0.6) is 0 Å². The molecule has 0 fully saturated rings. The summed E-state index contributed by atoms with van der Waals surface area (Å²) in [6, 6.07) is 15.4. The Hall–Kier alpha value is -2.68. The molecule has 7 nitrogen and oxygen atoms in total. The van der Waals surface area contributed by atoms with Crippen LogP contribution in [-0.4, -0.2) is 61.9 Å². The highest BCUT2D eigenvalue weighted by molar-refractivity contribution is 7.88. The molecule has 9 heteroatoms. The fraction of sp³-hybridized carbons (Fsp3) is 0.304. The minimum Gasteiger partial charge on any atom is -0.351 e. The van der Waals surface area contributed by atoms with Crippen molar-refractivity contribution < 1.29 is 18.0 Å². The van der Waals surface area contributed by atoms with Gasteiger partial charge in [0.15, 0.2) is 0 Å². The van der Waals surface area contributed by atoms with Crippen molar-refractivity contribution in [2.75, 3.05) is 26.4 Å². The molecule has 0 saturated carbocycles. The van der Waals surface area contributed by atoms with E-state index in [-0.39, 0.29) is 32.0 Å². The zero-order chi connectivity index (χ0) is 23.7. The summed E-state index contributed by atoms with van der Waals surface area (Å²) >= 11 is 5.98. The lowest BCUT2D eigenvalue weighted by atomic mass is 10.0. The monoisotopic (exact) mass is 477 g/mol. The van der Waals surface area contributed by atoms with Crippen LogP contribution in [0.2, 0.25) is 5.02 Å². The fourth-order valence-corrected chi connectivity index (χ4v) is 3.50. The molecule has 2 aromatic carbocycles. The molecule has 0 unspecified atom stereocenters. The Morgan fingerprint density at radius 2 is 1.72 bits per heavy atom. The Kier molecular flexibility index (Phi) is 9.43.